The van der Waals surface area contributed by atoms with Gasteiger partial charge in [0, 0.05) is 39.1 Å². The lowest BCUT2D eigenvalue weighted by Gasteiger charge is -2.36. The largest absolute Gasteiger partial charge is 0.455 e. The third kappa shape index (κ3) is 5.83. The molecule has 0 saturated heterocycles. The van der Waals surface area contributed by atoms with Crippen molar-refractivity contribution in [3.8, 4) is 11.1 Å². The van der Waals surface area contributed by atoms with Gasteiger partial charge in [0.25, 0.3) is 0 Å². The Morgan fingerprint density at radius 2 is 0.712 bits per heavy atom. The summed E-state index contributed by atoms with van der Waals surface area (Å²) in [6.45, 7) is 8.88. The molecule has 66 heavy (non-hydrogen) atoms. The van der Waals surface area contributed by atoms with Gasteiger partial charge in [0.05, 0.1) is 22.2 Å². The van der Waals surface area contributed by atoms with Crippen LogP contribution in [-0.4, -0.2) is 0 Å². The number of hydrogen-bond acceptors (Lipinski definition) is 3. The van der Waals surface area contributed by atoms with E-state index < -0.39 is 5.41 Å². The number of furan rings is 1. The molecule has 12 rings (SSSR count). The molecular formula is C63H48N2O. The van der Waals surface area contributed by atoms with Crippen LogP contribution in [0.3, 0.4) is 0 Å². The lowest BCUT2D eigenvalue weighted by molar-refractivity contribution is 0.669. The molecule has 1 aliphatic carbocycles. The van der Waals surface area contributed by atoms with Crippen molar-refractivity contribution in [1.82, 2.24) is 0 Å². The maximum absolute atomic E-state index is 7.40. The summed E-state index contributed by atoms with van der Waals surface area (Å²) in [4.78, 5) is 4.98. The highest BCUT2D eigenvalue weighted by atomic mass is 16.3. The Labute approximate surface area is 386 Å². The fraction of sp³-hybridized carbons (Fsp3) is 0.0794. The summed E-state index contributed by atoms with van der Waals surface area (Å²) in [7, 11) is 0. The molecule has 3 heteroatoms. The minimum absolute atomic E-state index is 0.778. The summed E-state index contributed by atoms with van der Waals surface area (Å²) in [5, 5.41) is 4.52. The maximum Gasteiger partial charge on any atom is 0.145 e. The molecule has 0 unspecified atom stereocenters. The number of fused-ring (bicyclic) bond motifs is 9. The van der Waals surface area contributed by atoms with E-state index in [0.29, 0.717) is 0 Å². The second-order valence-electron chi connectivity index (χ2n) is 17.8. The molecule has 0 fully saturated rings. The Morgan fingerprint density at radius 1 is 0.333 bits per heavy atom. The SMILES string of the molecule is Cc1ccccc1N(c1ccccc1C)c1cc2c(c3ccccc13)-c1c(cc(N(c3ccccc3C)c3ccccc3C)c3c1oc1ccccc13)C2(c1ccccc1)c1ccccc1. The Morgan fingerprint density at radius 3 is 1.21 bits per heavy atom. The van der Waals surface area contributed by atoms with Crippen LogP contribution in [0.25, 0.3) is 43.8 Å². The van der Waals surface area contributed by atoms with Crippen molar-refractivity contribution >= 4 is 66.8 Å². The first-order chi connectivity index (χ1) is 32.4. The predicted octanol–water partition coefficient (Wildman–Crippen LogP) is 17.3. The first kappa shape index (κ1) is 39.5. The van der Waals surface area contributed by atoms with Crippen molar-refractivity contribution in [3.63, 3.8) is 0 Å². The van der Waals surface area contributed by atoms with Gasteiger partial charge in [-0.3, -0.25) is 0 Å². The molecule has 10 aromatic carbocycles. The molecular weight excluding hydrogens is 801 g/mol. The number of para-hydroxylation sites is 5. The number of aryl methyl sites for hydroxylation is 4. The van der Waals surface area contributed by atoms with Crippen LogP contribution in [0.4, 0.5) is 34.1 Å². The van der Waals surface area contributed by atoms with Gasteiger partial charge in [0.15, 0.2) is 0 Å². The molecule has 316 valence electrons. The molecule has 0 saturated carbocycles. The molecule has 0 amide bonds. The average molecular weight is 849 g/mol. The van der Waals surface area contributed by atoms with Crippen molar-refractivity contribution in [2.24, 2.45) is 0 Å². The fourth-order valence-corrected chi connectivity index (χ4v) is 11.1. The van der Waals surface area contributed by atoms with Gasteiger partial charge in [0.1, 0.15) is 11.2 Å². The van der Waals surface area contributed by atoms with Gasteiger partial charge in [-0.1, -0.05) is 176 Å². The topological polar surface area (TPSA) is 19.6 Å². The van der Waals surface area contributed by atoms with Crippen LogP contribution in [-0.2, 0) is 5.41 Å². The van der Waals surface area contributed by atoms with E-state index in [1.165, 1.54) is 60.8 Å². The second-order valence-corrected chi connectivity index (χ2v) is 17.8. The van der Waals surface area contributed by atoms with Gasteiger partial charge in [-0.25, -0.2) is 0 Å². The lowest BCUT2D eigenvalue weighted by atomic mass is 9.67. The zero-order chi connectivity index (χ0) is 44.5. The van der Waals surface area contributed by atoms with Crippen LogP contribution in [0.5, 0.6) is 0 Å². The highest BCUT2D eigenvalue weighted by Crippen LogP contribution is 2.63. The molecule has 0 bridgehead atoms. The van der Waals surface area contributed by atoms with Gasteiger partial charge < -0.3 is 14.2 Å². The van der Waals surface area contributed by atoms with Crippen molar-refractivity contribution in [2.45, 2.75) is 33.1 Å². The number of nitrogens with zero attached hydrogens (tertiary/aromatic N) is 2. The van der Waals surface area contributed by atoms with Crippen molar-refractivity contribution < 1.29 is 4.42 Å². The third-order valence-corrected chi connectivity index (χ3v) is 14.0. The van der Waals surface area contributed by atoms with Crippen LogP contribution in [0.1, 0.15) is 44.5 Å². The van der Waals surface area contributed by atoms with E-state index in [-0.39, 0.29) is 0 Å². The zero-order valence-corrected chi connectivity index (χ0v) is 37.6. The second kappa shape index (κ2) is 15.5. The van der Waals surface area contributed by atoms with E-state index in [1.54, 1.807) is 0 Å². The number of benzene rings is 10. The monoisotopic (exact) mass is 848 g/mol. The standard InChI is InChI=1S/C63H48N2O/c1-41-23-11-18-34-52(41)64(53-35-19-12-24-42(53)2)56-39-50-59(48-32-16-15-31-47(48)56)61-51(63(50,45-27-7-5-8-28-45)46-29-9-6-10-30-46)40-57(60-49-33-17-22-38-58(49)66-62(60)61)65(54-36-20-13-25-43(54)3)55-37-21-14-26-44(55)4/h5-40H,1-4H3. The quantitative estimate of drug-likeness (QED) is 0.152. The van der Waals surface area contributed by atoms with E-state index in [0.717, 1.165) is 61.6 Å². The highest BCUT2D eigenvalue weighted by molar-refractivity contribution is 6.22. The number of hydrogen-bond donors (Lipinski definition) is 0. The molecule has 0 N–H and O–H groups in total. The smallest absolute Gasteiger partial charge is 0.145 e. The summed E-state index contributed by atoms with van der Waals surface area (Å²) in [5.41, 5.74) is 19.6. The van der Waals surface area contributed by atoms with Gasteiger partial charge in [-0.15, -0.1) is 0 Å². The van der Waals surface area contributed by atoms with Crippen LogP contribution in [0.15, 0.2) is 223 Å². The summed E-state index contributed by atoms with van der Waals surface area (Å²) in [5.74, 6) is 0. The first-order valence-corrected chi connectivity index (χ1v) is 22.9. The van der Waals surface area contributed by atoms with Crippen molar-refractivity contribution in [3.05, 3.63) is 263 Å². The maximum atomic E-state index is 7.40. The molecule has 0 radical (unpaired) electrons. The Hall–Kier alpha value is -8.14. The van der Waals surface area contributed by atoms with Gasteiger partial charge in [-0.05, 0) is 126 Å². The molecule has 3 nitrogen and oxygen atoms in total. The number of anilines is 6. The van der Waals surface area contributed by atoms with Crippen molar-refractivity contribution in [1.29, 1.82) is 0 Å². The highest BCUT2D eigenvalue weighted by Gasteiger charge is 2.50. The van der Waals surface area contributed by atoms with E-state index in [9.17, 15) is 0 Å². The van der Waals surface area contributed by atoms with E-state index in [1.807, 2.05) is 0 Å². The fourth-order valence-electron chi connectivity index (χ4n) is 11.1. The van der Waals surface area contributed by atoms with Crippen LogP contribution >= 0.6 is 0 Å². The lowest BCUT2D eigenvalue weighted by Crippen LogP contribution is -2.29. The predicted molar refractivity (Wildman–Crippen MR) is 277 cm³/mol. The molecule has 11 aromatic rings. The first-order valence-electron chi connectivity index (χ1n) is 22.9. The van der Waals surface area contributed by atoms with E-state index in [2.05, 4.69) is 256 Å². The summed E-state index contributed by atoms with van der Waals surface area (Å²) >= 11 is 0. The van der Waals surface area contributed by atoms with Crippen LogP contribution in [0.2, 0.25) is 0 Å². The Balaban J connectivity index is 1.32. The molecule has 0 spiro atoms. The van der Waals surface area contributed by atoms with Gasteiger partial charge >= 0.3 is 0 Å². The Kier molecular flexibility index (Phi) is 9.29. The normalized spacial score (nSPS) is 12.7. The van der Waals surface area contributed by atoms with Crippen molar-refractivity contribution in [2.75, 3.05) is 9.80 Å². The Bertz CT molecular complexity index is 3530. The van der Waals surface area contributed by atoms with Gasteiger partial charge in [-0.2, -0.15) is 0 Å². The van der Waals surface area contributed by atoms with Crippen LogP contribution in [0, 0.1) is 27.7 Å². The average Bonchev–Trinajstić information content (AvgIpc) is 3.89. The van der Waals surface area contributed by atoms with E-state index in [4.69, 9.17) is 4.42 Å². The van der Waals surface area contributed by atoms with E-state index >= 15 is 0 Å². The summed E-state index contributed by atoms with van der Waals surface area (Å²) < 4.78 is 7.40. The van der Waals surface area contributed by atoms with Gasteiger partial charge in [0.2, 0.25) is 0 Å². The molecule has 1 aliphatic rings. The minimum Gasteiger partial charge on any atom is -0.455 e. The summed E-state index contributed by atoms with van der Waals surface area (Å²) in [6.07, 6.45) is 0. The molecule has 1 aromatic heterocycles. The summed E-state index contributed by atoms with van der Waals surface area (Å²) in [6, 6.07) is 80.0. The zero-order valence-electron chi connectivity index (χ0n) is 37.6. The third-order valence-electron chi connectivity index (χ3n) is 14.0. The molecule has 0 aliphatic heterocycles. The minimum atomic E-state index is -0.778. The molecule has 1 heterocycles. The van der Waals surface area contributed by atoms with Crippen LogP contribution < -0.4 is 9.80 Å². The number of rotatable bonds is 8. The molecule has 0 atom stereocenters.